The molecular formula is C17H37BrClN. The van der Waals surface area contributed by atoms with E-state index < -0.39 is 0 Å². The predicted molar refractivity (Wildman–Crippen MR) is 88.8 cm³/mol. The van der Waals surface area contributed by atoms with Crippen LogP contribution in [0.3, 0.4) is 0 Å². The van der Waals surface area contributed by atoms with Crippen molar-refractivity contribution < 1.29 is 21.5 Å². The van der Waals surface area contributed by atoms with E-state index in [2.05, 4.69) is 20.8 Å². The lowest BCUT2D eigenvalue weighted by atomic mass is 10.1. The SMILES string of the molecule is CCCCCC[N+](CCl)(CCCCC)CCCCC.[Br-]. The maximum atomic E-state index is 6.37. The zero-order valence-electron chi connectivity index (χ0n) is 14.1. The van der Waals surface area contributed by atoms with Gasteiger partial charge < -0.3 is 21.5 Å². The largest absolute Gasteiger partial charge is 1.00 e. The van der Waals surface area contributed by atoms with Crippen LogP contribution in [-0.4, -0.2) is 30.1 Å². The first-order valence-electron chi connectivity index (χ1n) is 8.65. The van der Waals surface area contributed by atoms with Crippen molar-refractivity contribution in [1.82, 2.24) is 0 Å². The second-order valence-electron chi connectivity index (χ2n) is 6.11. The van der Waals surface area contributed by atoms with Gasteiger partial charge in [-0.3, -0.25) is 0 Å². The molecule has 0 aromatic rings. The number of rotatable bonds is 14. The van der Waals surface area contributed by atoms with E-state index in [1.165, 1.54) is 88.3 Å². The van der Waals surface area contributed by atoms with Crippen molar-refractivity contribution >= 4 is 11.6 Å². The van der Waals surface area contributed by atoms with Crippen LogP contribution in [-0.2, 0) is 0 Å². The Hall–Kier alpha value is 0.730. The molecule has 0 bridgehead atoms. The molecule has 0 saturated heterocycles. The van der Waals surface area contributed by atoms with Crippen molar-refractivity contribution in [2.75, 3.05) is 25.6 Å². The number of halogens is 2. The monoisotopic (exact) mass is 369 g/mol. The lowest BCUT2D eigenvalue weighted by molar-refractivity contribution is -0.918. The van der Waals surface area contributed by atoms with Crippen molar-refractivity contribution in [1.29, 1.82) is 0 Å². The first-order valence-corrected chi connectivity index (χ1v) is 9.19. The number of quaternary nitrogens is 1. The van der Waals surface area contributed by atoms with Gasteiger partial charge in [-0.2, -0.15) is 0 Å². The van der Waals surface area contributed by atoms with E-state index in [1.54, 1.807) is 0 Å². The summed E-state index contributed by atoms with van der Waals surface area (Å²) in [4.78, 5) is 0. The average molecular weight is 371 g/mol. The van der Waals surface area contributed by atoms with Gasteiger partial charge in [0, 0.05) is 0 Å². The fraction of sp³-hybridized carbons (Fsp3) is 1.00. The summed E-state index contributed by atoms with van der Waals surface area (Å²) in [6.07, 6.45) is 13.5. The molecule has 0 unspecified atom stereocenters. The molecule has 0 rings (SSSR count). The topological polar surface area (TPSA) is 0 Å². The second-order valence-corrected chi connectivity index (χ2v) is 6.35. The Morgan fingerprint density at radius 1 is 0.600 bits per heavy atom. The lowest BCUT2D eigenvalue weighted by Crippen LogP contribution is -3.00. The van der Waals surface area contributed by atoms with Crippen LogP contribution >= 0.6 is 11.6 Å². The second kappa shape index (κ2) is 16.1. The molecule has 0 heterocycles. The number of hydrogen-bond acceptors (Lipinski definition) is 0. The van der Waals surface area contributed by atoms with Gasteiger partial charge in [0.1, 0.15) is 0 Å². The molecule has 0 aliphatic carbocycles. The third-order valence-corrected chi connectivity index (χ3v) is 4.72. The minimum atomic E-state index is 0. The zero-order chi connectivity index (χ0) is 14.4. The van der Waals surface area contributed by atoms with E-state index >= 15 is 0 Å². The number of nitrogens with zero attached hydrogens (tertiary/aromatic N) is 1. The molecule has 0 aromatic heterocycles. The van der Waals surface area contributed by atoms with E-state index in [0.29, 0.717) is 0 Å². The first kappa shape index (κ1) is 23.0. The van der Waals surface area contributed by atoms with Crippen molar-refractivity contribution in [2.45, 2.75) is 85.0 Å². The van der Waals surface area contributed by atoms with Gasteiger partial charge in [-0.1, -0.05) is 58.1 Å². The maximum Gasteiger partial charge on any atom is 0.154 e. The lowest BCUT2D eigenvalue weighted by Gasteiger charge is -2.37. The molecule has 3 heteroatoms. The summed E-state index contributed by atoms with van der Waals surface area (Å²) in [5.41, 5.74) is 0. The Labute approximate surface area is 143 Å². The highest BCUT2D eigenvalue weighted by Crippen LogP contribution is 2.17. The van der Waals surface area contributed by atoms with Gasteiger partial charge in [-0.05, 0) is 38.5 Å². The van der Waals surface area contributed by atoms with Gasteiger partial charge in [0.15, 0.2) is 6.00 Å². The molecule has 0 atom stereocenters. The quantitative estimate of drug-likeness (QED) is 0.191. The standard InChI is InChI=1S/C17H37ClN.BrH/c1-4-7-10-13-16-19(17-18,14-11-8-5-2)15-12-9-6-3;/h4-17H2,1-3H3;1H/q+1;/p-1. The molecule has 1 nitrogen and oxygen atoms in total. The summed E-state index contributed by atoms with van der Waals surface area (Å²) in [5.74, 6) is 0. The summed E-state index contributed by atoms with van der Waals surface area (Å²) in [6.45, 7) is 10.8. The Kier molecular flexibility index (Phi) is 18.5. The van der Waals surface area contributed by atoms with E-state index in [9.17, 15) is 0 Å². The van der Waals surface area contributed by atoms with E-state index in [0.717, 1.165) is 6.00 Å². The third-order valence-electron chi connectivity index (χ3n) is 4.21. The van der Waals surface area contributed by atoms with E-state index in [-0.39, 0.29) is 17.0 Å². The highest BCUT2D eigenvalue weighted by Gasteiger charge is 2.24. The average Bonchev–Trinajstić information content (AvgIpc) is 2.43. The van der Waals surface area contributed by atoms with Crippen LogP contribution in [0, 0.1) is 0 Å². The van der Waals surface area contributed by atoms with Crippen LogP contribution in [0.15, 0.2) is 0 Å². The fourth-order valence-electron chi connectivity index (χ4n) is 2.78. The molecule has 0 aliphatic heterocycles. The molecule has 0 aromatic carbocycles. The van der Waals surface area contributed by atoms with Crippen molar-refractivity contribution in [3.8, 4) is 0 Å². The molecule has 0 fully saturated rings. The predicted octanol–water partition coefficient (Wildman–Crippen LogP) is 2.96. The third kappa shape index (κ3) is 11.4. The maximum absolute atomic E-state index is 6.37. The smallest absolute Gasteiger partial charge is 0.154 e. The Bertz CT molecular complexity index is 178. The molecule has 124 valence electrons. The van der Waals surface area contributed by atoms with Crippen LogP contribution < -0.4 is 17.0 Å². The van der Waals surface area contributed by atoms with E-state index in [1.807, 2.05) is 0 Å². The normalized spacial score (nSPS) is 11.4. The Morgan fingerprint density at radius 3 is 1.30 bits per heavy atom. The highest BCUT2D eigenvalue weighted by molar-refractivity contribution is 6.16. The number of unbranched alkanes of at least 4 members (excludes halogenated alkanes) is 7. The van der Waals surface area contributed by atoms with Crippen LogP contribution in [0.25, 0.3) is 0 Å². The number of alkyl halides is 1. The highest BCUT2D eigenvalue weighted by atomic mass is 79.9. The molecule has 0 N–H and O–H groups in total. The van der Waals surface area contributed by atoms with Crippen LogP contribution in [0.1, 0.15) is 85.0 Å². The van der Waals surface area contributed by atoms with Crippen LogP contribution in [0.5, 0.6) is 0 Å². The van der Waals surface area contributed by atoms with Gasteiger partial charge in [0.05, 0.1) is 19.6 Å². The molecule has 0 amide bonds. The summed E-state index contributed by atoms with van der Waals surface area (Å²) >= 11 is 6.37. The van der Waals surface area contributed by atoms with Crippen molar-refractivity contribution in [2.24, 2.45) is 0 Å². The summed E-state index contributed by atoms with van der Waals surface area (Å²) in [5, 5.41) is 0. The summed E-state index contributed by atoms with van der Waals surface area (Å²) < 4.78 is 1.17. The van der Waals surface area contributed by atoms with Gasteiger partial charge in [-0.25, -0.2) is 0 Å². The Balaban J connectivity index is 0. The van der Waals surface area contributed by atoms with Crippen molar-refractivity contribution in [3.63, 3.8) is 0 Å². The first-order chi connectivity index (χ1) is 9.24. The van der Waals surface area contributed by atoms with Gasteiger partial charge in [0.2, 0.25) is 0 Å². The van der Waals surface area contributed by atoms with Gasteiger partial charge in [0.25, 0.3) is 0 Å². The zero-order valence-corrected chi connectivity index (χ0v) is 16.4. The van der Waals surface area contributed by atoms with Gasteiger partial charge in [-0.15, -0.1) is 0 Å². The molecule has 0 aliphatic rings. The molecule has 0 saturated carbocycles. The summed E-state index contributed by atoms with van der Waals surface area (Å²) in [7, 11) is 0. The van der Waals surface area contributed by atoms with Gasteiger partial charge >= 0.3 is 0 Å². The molecular weight excluding hydrogens is 334 g/mol. The summed E-state index contributed by atoms with van der Waals surface area (Å²) in [6, 6.07) is 0.819. The van der Waals surface area contributed by atoms with Crippen molar-refractivity contribution in [3.05, 3.63) is 0 Å². The van der Waals surface area contributed by atoms with E-state index in [4.69, 9.17) is 11.6 Å². The fourth-order valence-corrected chi connectivity index (χ4v) is 3.14. The van der Waals surface area contributed by atoms with Crippen LogP contribution in [0.4, 0.5) is 0 Å². The minimum absolute atomic E-state index is 0. The minimum Gasteiger partial charge on any atom is -1.00 e. The number of hydrogen-bond donors (Lipinski definition) is 0. The Morgan fingerprint density at radius 2 is 0.950 bits per heavy atom. The molecule has 0 radical (unpaired) electrons. The van der Waals surface area contributed by atoms with Crippen LogP contribution in [0.2, 0.25) is 0 Å². The molecule has 0 spiro atoms. The molecule has 20 heavy (non-hydrogen) atoms.